The van der Waals surface area contributed by atoms with Crippen LogP contribution in [0.5, 0.6) is 0 Å². The Morgan fingerprint density at radius 3 is 1.67 bits per heavy atom. The molecule has 1 unspecified atom stereocenters. The standard InChI is InChI=1S/C6H5F2P.CH2Cl.Pd/c7-4-1-5(8)3-6(9)2-4;1-2;/h1-3H,9H2;1H2;/q;-1;. The van der Waals surface area contributed by atoms with Gasteiger partial charge in [-0.1, -0.05) is 0 Å². The van der Waals surface area contributed by atoms with Crippen molar-refractivity contribution in [2.75, 3.05) is 0 Å². The first-order valence-electron chi connectivity index (χ1n) is 2.67. The van der Waals surface area contributed by atoms with E-state index in [2.05, 4.69) is 27.2 Å². The smallest absolute Gasteiger partial charge is 0.126 e. The van der Waals surface area contributed by atoms with Crippen molar-refractivity contribution in [3.8, 4) is 0 Å². The zero-order valence-corrected chi connectivity index (χ0v) is 9.43. The summed E-state index contributed by atoms with van der Waals surface area (Å²) in [5.41, 5.74) is 0. The van der Waals surface area contributed by atoms with E-state index in [1.54, 1.807) is 0 Å². The van der Waals surface area contributed by atoms with E-state index < -0.39 is 11.6 Å². The van der Waals surface area contributed by atoms with Gasteiger partial charge < -0.3 is 11.6 Å². The Hall–Kier alpha value is 0.462. The van der Waals surface area contributed by atoms with Crippen LogP contribution in [0.1, 0.15) is 0 Å². The van der Waals surface area contributed by atoms with Crippen molar-refractivity contribution >= 4 is 26.1 Å². The fourth-order valence-corrected chi connectivity index (χ4v) is 0.894. The molecule has 0 N–H and O–H groups in total. The first-order chi connectivity index (χ1) is 5.18. The number of benzene rings is 1. The summed E-state index contributed by atoms with van der Waals surface area (Å²) in [6, 6.07) is 3.33. The molecule has 1 aromatic carbocycles. The molecule has 0 fully saturated rings. The van der Waals surface area contributed by atoms with E-state index in [4.69, 9.17) is 0 Å². The normalized spacial score (nSPS) is 7.75. The van der Waals surface area contributed by atoms with Crippen molar-refractivity contribution in [2.45, 2.75) is 0 Å². The SMILES string of the molecule is Fc1cc(F)cc(P)c1.[CH2-]Cl.[Pd]. The molecular weight excluding hydrogens is 295 g/mol. The van der Waals surface area contributed by atoms with Gasteiger partial charge in [0.25, 0.3) is 0 Å². The second-order valence-electron chi connectivity index (χ2n) is 1.70. The second kappa shape index (κ2) is 8.08. The molecular formula is C7H7ClF2PPd-. The summed E-state index contributed by atoms with van der Waals surface area (Å²) in [6.07, 6.45) is 2.72. The summed E-state index contributed by atoms with van der Waals surface area (Å²) >= 11 is 4.39. The molecule has 1 atom stereocenters. The topological polar surface area (TPSA) is 0 Å². The first-order valence-corrected chi connectivity index (χ1v) is 3.78. The molecule has 0 aliphatic carbocycles. The van der Waals surface area contributed by atoms with Gasteiger partial charge in [-0.15, -0.1) is 9.24 Å². The minimum Gasteiger partial charge on any atom is -0.352 e. The Labute approximate surface area is 91.5 Å². The molecule has 1 aromatic rings. The minimum atomic E-state index is -0.542. The predicted molar refractivity (Wildman–Crippen MR) is 46.9 cm³/mol. The van der Waals surface area contributed by atoms with Gasteiger partial charge in [0.2, 0.25) is 0 Å². The molecule has 0 nitrogen and oxygen atoms in total. The van der Waals surface area contributed by atoms with Crippen LogP contribution in [0.15, 0.2) is 18.2 Å². The molecule has 0 aromatic heterocycles. The van der Waals surface area contributed by atoms with Crippen molar-refractivity contribution in [1.29, 1.82) is 0 Å². The molecule has 0 heterocycles. The Balaban J connectivity index is 0. The summed E-state index contributed by atoms with van der Waals surface area (Å²) in [6.45, 7) is 0. The third-order valence-corrected chi connectivity index (χ3v) is 1.22. The largest absolute Gasteiger partial charge is 0.352 e. The molecule has 5 heteroatoms. The Bertz CT molecular complexity index is 182. The maximum atomic E-state index is 12.2. The van der Waals surface area contributed by atoms with Gasteiger partial charge in [0, 0.05) is 26.5 Å². The van der Waals surface area contributed by atoms with Crippen LogP contribution in [0.4, 0.5) is 8.78 Å². The monoisotopic (exact) mass is 301 g/mol. The number of halogens is 3. The minimum absolute atomic E-state index is 0. The molecule has 0 saturated heterocycles. The number of rotatable bonds is 0. The fraction of sp³-hybridized carbons (Fsp3) is 0. The quantitative estimate of drug-likeness (QED) is 0.392. The summed E-state index contributed by atoms with van der Waals surface area (Å²) in [7, 11) is 2.22. The van der Waals surface area contributed by atoms with E-state index in [0.717, 1.165) is 6.07 Å². The molecule has 72 valence electrons. The van der Waals surface area contributed by atoms with Crippen LogP contribution in [0, 0.1) is 18.0 Å². The molecule has 0 aliphatic heterocycles. The molecule has 0 saturated carbocycles. The van der Waals surface area contributed by atoms with E-state index in [-0.39, 0.29) is 20.4 Å². The van der Waals surface area contributed by atoms with Gasteiger partial charge in [-0.3, -0.25) is 6.38 Å². The third kappa shape index (κ3) is 6.03. The molecule has 0 radical (unpaired) electrons. The maximum absolute atomic E-state index is 12.2. The van der Waals surface area contributed by atoms with Crippen LogP contribution in [0.3, 0.4) is 0 Å². The van der Waals surface area contributed by atoms with Crippen LogP contribution in [-0.4, -0.2) is 0 Å². The third-order valence-electron chi connectivity index (χ3n) is 0.885. The van der Waals surface area contributed by atoms with E-state index in [1.165, 1.54) is 12.1 Å². The Morgan fingerprint density at radius 2 is 1.42 bits per heavy atom. The van der Waals surface area contributed by atoms with Crippen LogP contribution >= 0.6 is 20.8 Å². The van der Waals surface area contributed by atoms with Gasteiger partial charge in [-0.2, -0.15) is 0 Å². The van der Waals surface area contributed by atoms with Crippen LogP contribution in [0.25, 0.3) is 0 Å². The molecule has 12 heavy (non-hydrogen) atoms. The maximum Gasteiger partial charge on any atom is 0.126 e. The molecule has 0 aliphatic rings. The van der Waals surface area contributed by atoms with Crippen molar-refractivity contribution < 1.29 is 29.2 Å². The Morgan fingerprint density at radius 1 is 1.08 bits per heavy atom. The van der Waals surface area contributed by atoms with Crippen molar-refractivity contribution in [3.05, 3.63) is 36.2 Å². The van der Waals surface area contributed by atoms with Gasteiger partial charge >= 0.3 is 0 Å². The van der Waals surface area contributed by atoms with Crippen LogP contribution < -0.4 is 5.30 Å². The van der Waals surface area contributed by atoms with Gasteiger partial charge in [0.1, 0.15) is 11.6 Å². The van der Waals surface area contributed by atoms with Gasteiger partial charge in [0.15, 0.2) is 0 Å². The summed E-state index contributed by atoms with van der Waals surface area (Å²) < 4.78 is 24.4. The van der Waals surface area contributed by atoms with E-state index in [1.807, 2.05) is 0 Å². The predicted octanol–water partition coefficient (Wildman–Crippen LogP) is 2.48. The van der Waals surface area contributed by atoms with Crippen LogP contribution in [-0.2, 0) is 20.4 Å². The summed E-state index contributed by atoms with van der Waals surface area (Å²) in [4.78, 5) is 0. The fourth-order valence-electron chi connectivity index (χ4n) is 0.575. The second-order valence-corrected chi connectivity index (χ2v) is 2.37. The number of hydrogen-bond acceptors (Lipinski definition) is 0. The summed E-state index contributed by atoms with van der Waals surface area (Å²) in [5, 5.41) is 0.521. The van der Waals surface area contributed by atoms with E-state index in [9.17, 15) is 8.78 Å². The van der Waals surface area contributed by atoms with Crippen molar-refractivity contribution in [2.24, 2.45) is 0 Å². The first kappa shape index (κ1) is 15.0. The average molecular weight is 302 g/mol. The Kier molecular flexibility index (Phi) is 10.1. The summed E-state index contributed by atoms with van der Waals surface area (Å²) in [5.74, 6) is -1.08. The number of hydrogen-bond donors (Lipinski definition) is 0. The van der Waals surface area contributed by atoms with E-state index >= 15 is 0 Å². The average Bonchev–Trinajstić information content (AvgIpc) is 1.88. The van der Waals surface area contributed by atoms with Crippen molar-refractivity contribution in [3.63, 3.8) is 0 Å². The van der Waals surface area contributed by atoms with E-state index in [0.29, 0.717) is 5.30 Å². The molecule has 1 rings (SSSR count). The van der Waals surface area contributed by atoms with Crippen LogP contribution in [0.2, 0.25) is 0 Å². The van der Waals surface area contributed by atoms with Gasteiger partial charge in [0.05, 0.1) is 0 Å². The zero-order chi connectivity index (χ0) is 8.85. The van der Waals surface area contributed by atoms with Crippen molar-refractivity contribution in [1.82, 2.24) is 0 Å². The molecule has 0 spiro atoms. The van der Waals surface area contributed by atoms with Gasteiger partial charge in [-0.25, -0.2) is 8.78 Å². The zero-order valence-electron chi connectivity index (χ0n) is 5.97. The molecule has 0 amide bonds. The molecule has 0 bridgehead atoms. The van der Waals surface area contributed by atoms with Gasteiger partial charge in [-0.05, 0) is 17.4 Å².